The van der Waals surface area contributed by atoms with Crippen molar-refractivity contribution >= 4 is 26.0 Å². The van der Waals surface area contributed by atoms with Gasteiger partial charge in [0.1, 0.15) is 0 Å². The maximum Gasteiger partial charge on any atom is 0.241 e. The van der Waals surface area contributed by atoms with Gasteiger partial charge in [0.15, 0.2) is 0 Å². The number of piperidine rings is 1. The van der Waals surface area contributed by atoms with E-state index in [4.69, 9.17) is 0 Å². The molecule has 1 aliphatic rings. The maximum atomic E-state index is 12.7. The molecule has 3 rings (SSSR count). The molecule has 0 radical (unpaired) electrons. The Kier molecular flexibility index (Phi) is 6.51. The first-order chi connectivity index (χ1) is 12.5. The van der Waals surface area contributed by atoms with Gasteiger partial charge in [-0.3, -0.25) is 4.90 Å². The molecule has 4 nitrogen and oxygen atoms in total. The van der Waals surface area contributed by atoms with Crippen molar-refractivity contribution in [2.24, 2.45) is 0 Å². The Morgan fingerprint density at radius 1 is 1.04 bits per heavy atom. The van der Waals surface area contributed by atoms with Gasteiger partial charge in [0.05, 0.1) is 4.90 Å². The van der Waals surface area contributed by atoms with Crippen LogP contribution in [0.15, 0.2) is 51.8 Å². The number of sulfonamides is 1. The summed E-state index contributed by atoms with van der Waals surface area (Å²) in [6.07, 6.45) is 3.80. The molecule has 1 N–H and O–H groups in total. The lowest BCUT2D eigenvalue weighted by Gasteiger charge is -2.27. The molecule has 0 spiro atoms. The van der Waals surface area contributed by atoms with Crippen molar-refractivity contribution in [1.29, 1.82) is 0 Å². The number of aryl methyl sites for hydroxylation is 1. The van der Waals surface area contributed by atoms with Gasteiger partial charge in [0.25, 0.3) is 0 Å². The van der Waals surface area contributed by atoms with Crippen LogP contribution in [-0.4, -0.2) is 26.4 Å². The Morgan fingerprint density at radius 3 is 2.42 bits per heavy atom. The molecule has 1 fully saturated rings. The normalized spacial score (nSPS) is 15.9. The van der Waals surface area contributed by atoms with Crippen LogP contribution in [0.3, 0.4) is 0 Å². The van der Waals surface area contributed by atoms with Crippen molar-refractivity contribution in [2.45, 2.75) is 44.2 Å². The molecule has 0 aromatic heterocycles. The Labute approximate surface area is 164 Å². The zero-order chi connectivity index (χ0) is 18.6. The van der Waals surface area contributed by atoms with E-state index in [2.05, 4.69) is 31.6 Å². The number of benzene rings is 2. The molecule has 6 heteroatoms. The number of likely N-dealkylation sites (tertiary alicyclic amines) is 1. The van der Waals surface area contributed by atoms with E-state index in [0.717, 1.165) is 30.8 Å². The first kappa shape index (κ1) is 19.5. The Hall–Kier alpha value is -1.21. The summed E-state index contributed by atoms with van der Waals surface area (Å²) in [5, 5.41) is 0. The molecule has 0 unspecified atom stereocenters. The number of hydrogen-bond acceptors (Lipinski definition) is 3. The van der Waals surface area contributed by atoms with Crippen LogP contribution in [0.5, 0.6) is 0 Å². The molecular weight excluding hydrogens is 412 g/mol. The van der Waals surface area contributed by atoms with Gasteiger partial charge in [-0.1, -0.05) is 36.8 Å². The van der Waals surface area contributed by atoms with Gasteiger partial charge in [-0.25, -0.2) is 13.1 Å². The molecule has 1 aliphatic heterocycles. The average molecular weight is 437 g/mol. The molecule has 140 valence electrons. The van der Waals surface area contributed by atoms with E-state index < -0.39 is 10.0 Å². The predicted molar refractivity (Wildman–Crippen MR) is 108 cm³/mol. The molecule has 2 aromatic carbocycles. The van der Waals surface area contributed by atoms with Crippen LogP contribution < -0.4 is 4.72 Å². The highest BCUT2D eigenvalue weighted by Gasteiger charge is 2.18. The first-order valence-corrected chi connectivity index (χ1v) is 11.3. The monoisotopic (exact) mass is 436 g/mol. The van der Waals surface area contributed by atoms with Gasteiger partial charge < -0.3 is 0 Å². The summed E-state index contributed by atoms with van der Waals surface area (Å²) in [6.45, 7) is 5.36. The third-order valence-corrected chi connectivity index (χ3v) is 7.17. The van der Waals surface area contributed by atoms with E-state index in [1.807, 2.05) is 37.3 Å². The third kappa shape index (κ3) is 4.94. The lowest BCUT2D eigenvalue weighted by atomic mass is 10.1. The highest BCUT2D eigenvalue weighted by Crippen LogP contribution is 2.23. The Bertz CT molecular complexity index is 862. The molecule has 0 saturated carbocycles. The highest BCUT2D eigenvalue weighted by molar-refractivity contribution is 9.10. The van der Waals surface area contributed by atoms with Crippen LogP contribution in [0.1, 0.15) is 36.0 Å². The van der Waals surface area contributed by atoms with Crippen molar-refractivity contribution in [3.63, 3.8) is 0 Å². The average Bonchev–Trinajstić information content (AvgIpc) is 2.61. The second-order valence-electron chi connectivity index (χ2n) is 6.86. The lowest BCUT2D eigenvalue weighted by molar-refractivity contribution is 0.220. The number of halogens is 1. The Morgan fingerprint density at radius 2 is 1.73 bits per heavy atom. The van der Waals surface area contributed by atoms with Crippen LogP contribution in [0.2, 0.25) is 0 Å². The van der Waals surface area contributed by atoms with Gasteiger partial charge in [0.2, 0.25) is 10.0 Å². The largest absolute Gasteiger partial charge is 0.299 e. The Balaban J connectivity index is 1.72. The van der Waals surface area contributed by atoms with Crippen LogP contribution in [0, 0.1) is 6.92 Å². The minimum Gasteiger partial charge on any atom is -0.299 e. The second-order valence-corrected chi connectivity index (χ2v) is 9.45. The van der Waals surface area contributed by atoms with Crippen molar-refractivity contribution in [2.75, 3.05) is 13.1 Å². The van der Waals surface area contributed by atoms with Crippen LogP contribution in [0.25, 0.3) is 0 Å². The topological polar surface area (TPSA) is 49.4 Å². The van der Waals surface area contributed by atoms with E-state index in [0.29, 0.717) is 11.0 Å². The van der Waals surface area contributed by atoms with E-state index >= 15 is 0 Å². The number of rotatable bonds is 6. The summed E-state index contributed by atoms with van der Waals surface area (Å²) < 4.78 is 28.7. The van der Waals surface area contributed by atoms with E-state index in [1.54, 1.807) is 6.07 Å². The molecule has 2 aromatic rings. The van der Waals surface area contributed by atoms with Crippen LogP contribution >= 0.6 is 15.9 Å². The summed E-state index contributed by atoms with van der Waals surface area (Å²) in [6, 6.07) is 13.4. The number of nitrogens with one attached hydrogen (secondary N) is 1. The van der Waals surface area contributed by atoms with Gasteiger partial charge in [-0.05, 0) is 77.6 Å². The molecular formula is C20H25BrN2O2S. The minimum absolute atomic E-state index is 0.275. The standard InChI is InChI=1S/C20H25BrN2O2S/c1-16-9-10-20(19(21)13-16)26(24,25)22-14-17-7-3-4-8-18(17)15-23-11-5-2-6-12-23/h3-4,7-10,13,22H,2,5-6,11-12,14-15H2,1H3. The SMILES string of the molecule is Cc1ccc(S(=O)(=O)NCc2ccccc2CN2CCCCC2)c(Br)c1. The van der Waals surface area contributed by atoms with Crippen molar-refractivity contribution in [1.82, 2.24) is 9.62 Å². The number of hydrogen-bond donors (Lipinski definition) is 1. The van der Waals surface area contributed by atoms with Gasteiger partial charge in [-0.2, -0.15) is 0 Å². The fourth-order valence-corrected chi connectivity index (χ4v) is 5.51. The highest BCUT2D eigenvalue weighted by atomic mass is 79.9. The van der Waals surface area contributed by atoms with Crippen molar-refractivity contribution in [3.8, 4) is 0 Å². The fraction of sp³-hybridized carbons (Fsp3) is 0.400. The van der Waals surface area contributed by atoms with E-state index in [-0.39, 0.29) is 4.90 Å². The first-order valence-electron chi connectivity index (χ1n) is 9.01. The van der Waals surface area contributed by atoms with Crippen LogP contribution in [0.4, 0.5) is 0 Å². The van der Waals surface area contributed by atoms with Crippen LogP contribution in [-0.2, 0) is 23.1 Å². The summed E-state index contributed by atoms with van der Waals surface area (Å²) in [4.78, 5) is 2.73. The van der Waals surface area contributed by atoms with Gasteiger partial charge >= 0.3 is 0 Å². The summed E-state index contributed by atoms with van der Waals surface area (Å²) in [7, 11) is -3.57. The quantitative estimate of drug-likeness (QED) is 0.736. The smallest absolute Gasteiger partial charge is 0.241 e. The molecule has 0 atom stereocenters. The lowest BCUT2D eigenvalue weighted by Crippen LogP contribution is -2.30. The molecule has 0 bridgehead atoms. The summed E-state index contributed by atoms with van der Waals surface area (Å²) in [5.41, 5.74) is 3.24. The third-order valence-electron chi connectivity index (χ3n) is 4.79. The molecule has 0 amide bonds. The maximum absolute atomic E-state index is 12.7. The molecule has 1 heterocycles. The van der Waals surface area contributed by atoms with E-state index in [9.17, 15) is 8.42 Å². The summed E-state index contributed by atoms with van der Waals surface area (Å²) >= 11 is 3.36. The van der Waals surface area contributed by atoms with E-state index in [1.165, 1.54) is 24.8 Å². The van der Waals surface area contributed by atoms with Gasteiger partial charge in [0, 0.05) is 17.6 Å². The second kappa shape index (κ2) is 8.65. The zero-order valence-electron chi connectivity index (χ0n) is 15.0. The zero-order valence-corrected chi connectivity index (χ0v) is 17.4. The van der Waals surface area contributed by atoms with Crippen molar-refractivity contribution < 1.29 is 8.42 Å². The minimum atomic E-state index is -3.57. The summed E-state index contributed by atoms with van der Waals surface area (Å²) in [5.74, 6) is 0. The predicted octanol–water partition coefficient (Wildman–Crippen LogP) is 4.22. The molecule has 1 saturated heterocycles. The molecule has 0 aliphatic carbocycles. The fourth-order valence-electron chi connectivity index (χ4n) is 3.32. The number of nitrogens with zero attached hydrogens (tertiary/aromatic N) is 1. The van der Waals surface area contributed by atoms with Crippen molar-refractivity contribution in [3.05, 3.63) is 63.6 Å². The molecule has 26 heavy (non-hydrogen) atoms. The van der Waals surface area contributed by atoms with Gasteiger partial charge in [-0.15, -0.1) is 0 Å².